The zero-order valence-corrected chi connectivity index (χ0v) is 10.8. The Labute approximate surface area is 103 Å². The van der Waals surface area contributed by atoms with E-state index in [1.165, 1.54) is 0 Å². The molecule has 4 nitrogen and oxygen atoms in total. The summed E-state index contributed by atoms with van der Waals surface area (Å²) in [6, 6.07) is 5.28. The second kappa shape index (κ2) is 5.75. The molecule has 16 heavy (non-hydrogen) atoms. The number of esters is 1. The minimum absolute atomic E-state index is 0.146. The van der Waals surface area contributed by atoms with Crippen LogP contribution in [0.1, 0.15) is 13.8 Å². The topological polar surface area (TPSA) is 61.5 Å². The molecule has 1 aromatic carbocycles. The van der Waals surface area contributed by atoms with Crippen LogP contribution < -0.4 is 10.5 Å². The Bertz CT molecular complexity index is 359. The summed E-state index contributed by atoms with van der Waals surface area (Å²) in [5.74, 6) is 0.0494. The molecule has 88 valence electrons. The van der Waals surface area contributed by atoms with Crippen molar-refractivity contribution in [1.82, 2.24) is 0 Å². The summed E-state index contributed by atoms with van der Waals surface area (Å²) in [4.78, 5) is 11.2. The Morgan fingerprint density at radius 2 is 2.19 bits per heavy atom. The minimum atomic E-state index is -0.412. The fourth-order valence-electron chi connectivity index (χ4n) is 1.11. The largest absolute Gasteiger partial charge is 0.479 e. The van der Waals surface area contributed by atoms with Crippen LogP contribution in [0.3, 0.4) is 0 Å². The number of carbonyl (C=O) groups excluding carboxylic acids is 1. The highest BCUT2D eigenvalue weighted by atomic mass is 79.9. The second-order valence-electron chi connectivity index (χ2n) is 3.49. The highest BCUT2D eigenvalue weighted by Crippen LogP contribution is 2.30. The quantitative estimate of drug-likeness (QED) is 0.682. The molecule has 2 N–H and O–H groups in total. The Morgan fingerprint density at radius 1 is 1.50 bits per heavy atom. The van der Waals surface area contributed by atoms with Crippen LogP contribution in [-0.2, 0) is 9.53 Å². The lowest BCUT2D eigenvalue weighted by Gasteiger charge is -2.11. The molecule has 1 rings (SSSR count). The van der Waals surface area contributed by atoms with Crippen LogP contribution in [0.4, 0.5) is 5.69 Å². The number of nitrogen functional groups attached to an aromatic ring is 1. The maximum Gasteiger partial charge on any atom is 0.344 e. The molecule has 1 aromatic rings. The molecule has 0 fully saturated rings. The summed E-state index contributed by atoms with van der Waals surface area (Å²) >= 11 is 3.29. The summed E-state index contributed by atoms with van der Waals surface area (Å²) in [7, 11) is 0. The molecule has 0 spiro atoms. The van der Waals surface area contributed by atoms with E-state index in [0.29, 0.717) is 15.9 Å². The summed E-state index contributed by atoms with van der Waals surface area (Å²) in [5.41, 5.74) is 6.18. The zero-order chi connectivity index (χ0) is 12.1. The Kier molecular flexibility index (Phi) is 4.61. The predicted octanol–water partition coefficient (Wildman–Crippen LogP) is 2.36. The van der Waals surface area contributed by atoms with Gasteiger partial charge in [-0.3, -0.25) is 0 Å². The molecular formula is C11H14BrNO3. The third-order valence-electron chi connectivity index (χ3n) is 1.70. The first-order valence-corrected chi connectivity index (χ1v) is 5.66. The standard InChI is InChI=1S/C11H14BrNO3/c1-7(2)16-10(14)6-15-11-8(12)4-3-5-9(11)13/h3-5,7H,6,13H2,1-2H3. The molecule has 0 unspecified atom stereocenters. The minimum Gasteiger partial charge on any atom is -0.479 e. The van der Waals surface area contributed by atoms with Gasteiger partial charge in [0.05, 0.1) is 16.3 Å². The van der Waals surface area contributed by atoms with Gasteiger partial charge in [0.15, 0.2) is 12.4 Å². The first-order chi connectivity index (χ1) is 7.50. The van der Waals surface area contributed by atoms with Crippen LogP contribution in [0.15, 0.2) is 22.7 Å². The normalized spacial score (nSPS) is 10.2. The van der Waals surface area contributed by atoms with E-state index in [0.717, 1.165) is 0 Å². The molecular weight excluding hydrogens is 274 g/mol. The van der Waals surface area contributed by atoms with Gasteiger partial charge < -0.3 is 15.2 Å². The van der Waals surface area contributed by atoms with Crippen LogP contribution in [0, 0.1) is 0 Å². The summed E-state index contributed by atoms with van der Waals surface area (Å²) < 4.78 is 10.9. The first kappa shape index (κ1) is 12.8. The van der Waals surface area contributed by atoms with Gasteiger partial charge in [-0.25, -0.2) is 4.79 Å². The smallest absolute Gasteiger partial charge is 0.344 e. The first-order valence-electron chi connectivity index (χ1n) is 4.87. The van der Waals surface area contributed by atoms with Gasteiger partial charge in [-0.1, -0.05) is 6.07 Å². The van der Waals surface area contributed by atoms with Crippen molar-refractivity contribution in [3.8, 4) is 5.75 Å². The average molecular weight is 288 g/mol. The van der Waals surface area contributed by atoms with Gasteiger partial charge >= 0.3 is 5.97 Å². The van der Waals surface area contributed by atoms with Gasteiger partial charge in [-0.2, -0.15) is 0 Å². The maximum atomic E-state index is 11.2. The fourth-order valence-corrected chi connectivity index (χ4v) is 1.60. The van der Waals surface area contributed by atoms with E-state index in [4.69, 9.17) is 15.2 Å². The van der Waals surface area contributed by atoms with Gasteiger partial charge in [0, 0.05) is 0 Å². The number of para-hydroxylation sites is 1. The number of rotatable bonds is 4. The molecule has 5 heteroatoms. The van der Waals surface area contributed by atoms with E-state index in [9.17, 15) is 4.79 Å². The van der Waals surface area contributed by atoms with Crippen molar-refractivity contribution in [1.29, 1.82) is 0 Å². The Hall–Kier alpha value is -1.23. The van der Waals surface area contributed by atoms with Gasteiger partial charge in [0.2, 0.25) is 0 Å². The van der Waals surface area contributed by atoms with Crippen LogP contribution in [0.2, 0.25) is 0 Å². The van der Waals surface area contributed by atoms with Gasteiger partial charge in [0.25, 0.3) is 0 Å². The summed E-state index contributed by atoms with van der Waals surface area (Å²) in [6.07, 6.45) is -0.146. The number of anilines is 1. The molecule has 0 aromatic heterocycles. The number of nitrogens with two attached hydrogens (primary N) is 1. The fraction of sp³-hybridized carbons (Fsp3) is 0.364. The van der Waals surface area contributed by atoms with Crippen molar-refractivity contribution < 1.29 is 14.3 Å². The lowest BCUT2D eigenvalue weighted by molar-refractivity contribution is -0.149. The van der Waals surface area contributed by atoms with Crippen molar-refractivity contribution in [2.24, 2.45) is 0 Å². The number of ether oxygens (including phenoxy) is 2. The number of hydrogen-bond donors (Lipinski definition) is 1. The molecule has 0 heterocycles. The van der Waals surface area contributed by atoms with Crippen LogP contribution in [-0.4, -0.2) is 18.7 Å². The van der Waals surface area contributed by atoms with Crippen LogP contribution in [0.25, 0.3) is 0 Å². The van der Waals surface area contributed by atoms with E-state index < -0.39 is 5.97 Å². The lowest BCUT2D eigenvalue weighted by Crippen LogP contribution is -2.19. The van der Waals surface area contributed by atoms with Gasteiger partial charge in [-0.15, -0.1) is 0 Å². The van der Waals surface area contributed by atoms with Crippen molar-refractivity contribution in [2.45, 2.75) is 20.0 Å². The molecule has 0 aliphatic carbocycles. The van der Waals surface area contributed by atoms with Crippen molar-refractivity contribution in [3.63, 3.8) is 0 Å². The molecule has 0 aliphatic rings. The summed E-state index contributed by atoms with van der Waals surface area (Å²) in [6.45, 7) is 3.42. The van der Waals surface area contributed by atoms with E-state index in [2.05, 4.69) is 15.9 Å². The number of carbonyl (C=O) groups is 1. The molecule has 0 amide bonds. The van der Waals surface area contributed by atoms with Gasteiger partial charge in [0.1, 0.15) is 0 Å². The predicted molar refractivity (Wildman–Crippen MR) is 65.3 cm³/mol. The highest BCUT2D eigenvalue weighted by Gasteiger charge is 2.10. The molecule has 0 radical (unpaired) electrons. The van der Waals surface area contributed by atoms with Crippen molar-refractivity contribution in [3.05, 3.63) is 22.7 Å². The second-order valence-corrected chi connectivity index (χ2v) is 4.34. The van der Waals surface area contributed by atoms with Crippen LogP contribution in [0.5, 0.6) is 5.75 Å². The van der Waals surface area contributed by atoms with Gasteiger partial charge in [-0.05, 0) is 41.9 Å². The maximum absolute atomic E-state index is 11.2. The van der Waals surface area contributed by atoms with E-state index in [1.807, 2.05) is 0 Å². The Morgan fingerprint density at radius 3 is 2.75 bits per heavy atom. The monoisotopic (exact) mass is 287 g/mol. The SMILES string of the molecule is CC(C)OC(=O)COc1c(N)cccc1Br. The van der Waals surface area contributed by atoms with Crippen molar-refractivity contribution >= 4 is 27.6 Å². The molecule has 0 atom stereocenters. The number of benzene rings is 1. The van der Waals surface area contributed by atoms with Crippen molar-refractivity contribution in [2.75, 3.05) is 12.3 Å². The van der Waals surface area contributed by atoms with E-state index >= 15 is 0 Å². The number of hydrogen-bond acceptors (Lipinski definition) is 4. The lowest BCUT2D eigenvalue weighted by atomic mass is 10.3. The third-order valence-corrected chi connectivity index (χ3v) is 2.32. The summed E-state index contributed by atoms with van der Waals surface area (Å²) in [5, 5.41) is 0. The van der Waals surface area contributed by atoms with Crippen LogP contribution >= 0.6 is 15.9 Å². The third kappa shape index (κ3) is 3.73. The zero-order valence-electron chi connectivity index (χ0n) is 9.20. The molecule has 0 bridgehead atoms. The molecule has 0 saturated heterocycles. The average Bonchev–Trinajstić information content (AvgIpc) is 2.15. The highest BCUT2D eigenvalue weighted by molar-refractivity contribution is 9.10. The molecule has 0 aliphatic heterocycles. The van der Waals surface area contributed by atoms with E-state index in [1.54, 1.807) is 32.0 Å². The molecule has 0 saturated carbocycles. The Balaban J connectivity index is 2.58. The number of halogens is 1. The van der Waals surface area contributed by atoms with E-state index in [-0.39, 0.29) is 12.7 Å².